The standard InChI is InChI=1S/C10H17NO4/c1-6-5-14-8(12)7(6)11-9(13)15-10(2,3)4/h6-7H,5H2,1-4H3,(H,11,13)/t6-,7+/m1/s1. The fourth-order valence-corrected chi connectivity index (χ4v) is 1.27. The summed E-state index contributed by atoms with van der Waals surface area (Å²) in [5, 5.41) is 2.50. The molecule has 1 saturated heterocycles. The highest BCUT2D eigenvalue weighted by atomic mass is 16.6. The Kier molecular flexibility index (Phi) is 3.21. The molecule has 2 atom stereocenters. The number of alkyl carbamates (subject to hydrolysis) is 1. The van der Waals surface area contributed by atoms with Crippen molar-refractivity contribution in [1.82, 2.24) is 5.32 Å². The molecule has 86 valence electrons. The zero-order chi connectivity index (χ0) is 11.6. The molecule has 1 rings (SSSR count). The number of esters is 1. The van der Waals surface area contributed by atoms with Crippen molar-refractivity contribution in [2.45, 2.75) is 39.3 Å². The molecule has 0 spiro atoms. The molecule has 5 heteroatoms. The first kappa shape index (κ1) is 11.8. The zero-order valence-corrected chi connectivity index (χ0v) is 9.49. The Bertz CT molecular complexity index is 269. The van der Waals surface area contributed by atoms with Gasteiger partial charge in [-0.2, -0.15) is 0 Å². The summed E-state index contributed by atoms with van der Waals surface area (Å²) in [6.07, 6.45) is -0.585. The van der Waals surface area contributed by atoms with Crippen molar-refractivity contribution in [3.05, 3.63) is 0 Å². The number of rotatable bonds is 1. The summed E-state index contributed by atoms with van der Waals surface area (Å²) >= 11 is 0. The SMILES string of the molecule is C[C@@H]1COC(=O)[C@H]1NC(=O)OC(C)(C)C. The zero-order valence-electron chi connectivity index (χ0n) is 9.49. The highest BCUT2D eigenvalue weighted by Crippen LogP contribution is 2.15. The van der Waals surface area contributed by atoms with Crippen molar-refractivity contribution in [2.75, 3.05) is 6.61 Å². The highest BCUT2D eigenvalue weighted by Gasteiger charge is 2.35. The third-order valence-corrected chi connectivity index (χ3v) is 1.98. The number of amides is 1. The molecule has 0 unspecified atom stereocenters. The van der Waals surface area contributed by atoms with Gasteiger partial charge in [-0.05, 0) is 20.8 Å². The van der Waals surface area contributed by atoms with Crippen LogP contribution in [0.5, 0.6) is 0 Å². The van der Waals surface area contributed by atoms with Gasteiger partial charge >= 0.3 is 12.1 Å². The van der Waals surface area contributed by atoms with Crippen molar-refractivity contribution < 1.29 is 19.1 Å². The van der Waals surface area contributed by atoms with E-state index in [2.05, 4.69) is 5.32 Å². The average molecular weight is 215 g/mol. The molecule has 15 heavy (non-hydrogen) atoms. The molecule has 1 amide bonds. The molecule has 0 aromatic carbocycles. The van der Waals surface area contributed by atoms with Crippen molar-refractivity contribution in [3.8, 4) is 0 Å². The van der Waals surface area contributed by atoms with Gasteiger partial charge in [-0.15, -0.1) is 0 Å². The normalized spacial score (nSPS) is 26.0. The first-order chi connectivity index (χ1) is 6.79. The molecule has 1 N–H and O–H groups in total. The topological polar surface area (TPSA) is 64.6 Å². The molecular weight excluding hydrogens is 198 g/mol. The van der Waals surface area contributed by atoms with Crippen LogP contribution in [0.2, 0.25) is 0 Å². The van der Waals surface area contributed by atoms with Crippen LogP contribution in [-0.2, 0) is 14.3 Å². The lowest BCUT2D eigenvalue weighted by Gasteiger charge is -2.21. The predicted octanol–water partition coefficient (Wildman–Crippen LogP) is 1.07. The Morgan fingerprint density at radius 2 is 2.13 bits per heavy atom. The van der Waals surface area contributed by atoms with Crippen LogP contribution in [0.1, 0.15) is 27.7 Å². The average Bonchev–Trinajstić information content (AvgIpc) is 2.32. The summed E-state index contributed by atoms with van der Waals surface area (Å²) < 4.78 is 9.84. The van der Waals surface area contributed by atoms with E-state index in [4.69, 9.17) is 9.47 Å². The maximum absolute atomic E-state index is 11.4. The number of hydrogen-bond donors (Lipinski definition) is 1. The van der Waals surface area contributed by atoms with E-state index in [1.807, 2.05) is 6.92 Å². The minimum Gasteiger partial charge on any atom is -0.464 e. The van der Waals surface area contributed by atoms with Gasteiger partial charge in [-0.3, -0.25) is 0 Å². The Hall–Kier alpha value is -1.26. The fourth-order valence-electron chi connectivity index (χ4n) is 1.27. The third kappa shape index (κ3) is 3.42. The lowest BCUT2D eigenvalue weighted by Crippen LogP contribution is -2.44. The van der Waals surface area contributed by atoms with Gasteiger partial charge in [0.05, 0.1) is 6.61 Å². The second-order valence-electron chi connectivity index (χ2n) is 4.73. The minimum absolute atomic E-state index is 0.00924. The molecule has 0 radical (unpaired) electrons. The van der Waals surface area contributed by atoms with Crippen LogP contribution in [-0.4, -0.2) is 30.3 Å². The Morgan fingerprint density at radius 1 is 1.53 bits per heavy atom. The van der Waals surface area contributed by atoms with Crippen LogP contribution >= 0.6 is 0 Å². The first-order valence-electron chi connectivity index (χ1n) is 4.96. The van der Waals surface area contributed by atoms with E-state index in [1.165, 1.54) is 0 Å². The van der Waals surface area contributed by atoms with E-state index in [0.29, 0.717) is 6.61 Å². The minimum atomic E-state index is -0.585. The molecule has 1 aliphatic heterocycles. The van der Waals surface area contributed by atoms with Gasteiger partial charge in [0.15, 0.2) is 0 Å². The Labute approximate surface area is 89.1 Å². The number of carbonyl (C=O) groups is 2. The van der Waals surface area contributed by atoms with Crippen LogP contribution in [0, 0.1) is 5.92 Å². The summed E-state index contributed by atoms with van der Waals surface area (Å²) in [5.74, 6) is -0.404. The van der Waals surface area contributed by atoms with Crippen LogP contribution in [0.25, 0.3) is 0 Å². The van der Waals surface area contributed by atoms with E-state index in [0.717, 1.165) is 0 Å². The van der Waals surface area contributed by atoms with Crippen molar-refractivity contribution >= 4 is 12.1 Å². The van der Waals surface area contributed by atoms with E-state index < -0.39 is 23.7 Å². The van der Waals surface area contributed by atoms with Crippen LogP contribution in [0.3, 0.4) is 0 Å². The fraction of sp³-hybridized carbons (Fsp3) is 0.800. The summed E-state index contributed by atoms with van der Waals surface area (Å²) in [4.78, 5) is 22.6. The van der Waals surface area contributed by atoms with Crippen LogP contribution < -0.4 is 5.32 Å². The second kappa shape index (κ2) is 4.08. The van der Waals surface area contributed by atoms with E-state index >= 15 is 0 Å². The van der Waals surface area contributed by atoms with Crippen LogP contribution in [0.15, 0.2) is 0 Å². The highest BCUT2D eigenvalue weighted by molar-refractivity contribution is 5.83. The molecule has 0 bridgehead atoms. The maximum Gasteiger partial charge on any atom is 0.408 e. The van der Waals surface area contributed by atoms with Crippen molar-refractivity contribution in [2.24, 2.45) is 5.92 Å². The summed E-state index contributed by atoms with van der Waals surface area (Å²) in [6, 6.07) is -0.583. The van der Waals surface area contributed by atoms with Gasteiger partial charge in [0.1, 0.15) is 11.6 Å². The Balaban J connectivity index is 2.48. The molecular formula is C10H17NO4. The van der Waals surface area contributed by atoms with Crippen molar-refractivity contribution in [3.63, 3.8) is 0 Å². The molecule has 0 aromatic heterocycles. The van der Waals surface area contributed by atoms with Gasteiger partial charge < -0.3 is 14.8 Å². The smallest absolute Gasteiger partial charge is 0.408 e. The summed E-state index contributed by atoms with van der Waals surface area (Å²) in [7, 11) is 0. The molecule has 0 aliphatic carbocycles. The van der Waals surface area contributed by atoms with Gasteiger partial charge in [-0.25, -0.2) is 9.59 Å². The third-order valence-electron chi connectivity index (χ3n) is 1.98. The lowest BCUT2D eigenvalue weighted by molar-refractivity contribution is -0.139. The van der Waals surface area contributed by atoms with E-state index in [1.54, 1.807) is 20.8 Å². The predicted molar refractivity (Wildman–Crippen MR) is 53.3 cm³/mol. The van der Waals surface area contributed by atoms with Gasteiger partial charge in [0.25, 0.3) is 0 Å². The molecule has 5 nitrogen and oxygen atoms in total. The quantitative estimate of drug-likeness (QED) is 0.664. The van der Waals surface area contributed by atoms with Gasteiger partial charge in [0, 0.05) is 5.92 Å². The number of hydrogen-bond acceptors (Lipinski definition) is 4. The largest absolute Gasteiger partial charge is 0.464 e. The van der Waals surface area contributed by atoms with Crippen molar-refractivity contribution in [1.29, 1.82) is 0 Å². The number of ether oxygens (including phenoxy) is 2. The summed E-state index contributed by atoms with van der Waals surface area (Å²) in [6.45, 7) is 7.49. The van der Waals surface area contributed by atoms with Gasteiger partial charge in [0.2, 0.25) is 0 Å². The van der Waals surface area contributed by atoms with E-state index in [-0.39, 0.29) is 5.92 Å². The Morgan fingerprint density at radius 3 is 2.53 bits per heavy atom. The molecule has 0 saturated carbocycles. The number of nitrogens with one attached hydrogen (secondary N) is 1. The lowest BCUT2D eigenvalue weighted by atomic mass is 10.1. The summed E-state index contributed by atoms with van der Waals surface area (Å²) in [5.41, 5.74) is -0.560. The molecule has 1 aliphatic rings. The molecule has 1 heterocycles. The first-order valence-corrected chi connectivity index (χ1v) is 4.96. The van der Waals surface area contributed by atoms with Crippen LogP contribution in [0.4, 0.5) is 4.79 Å². The van der Waals surface area contributed by atoms with Gasteiger partial charge in [-0.1, -0.05) is 6.92 Å². The van der Waals surface area contributed by atoms with E-state index in [9.17, 15) is 9.59 Å². The molecule has 0 aromatic rings. The monoisotopic (exact) mass is 215 g/mol. The molecule has 1 fully saturated rings. The number of carbonyl (C=O) groups excluding carboxylic acids is 2. The second-order valence-corrected chi connectivity index (χ2v) is 4.73. The maximum atomic E-state index is 11.4. The number of cyclic esters (lactones) is 1.